The van der Waals surface area contributed by atoms with Crippen LogP contribution >= 0.6 is 0 Å². The third-order valence-electron chi connectivity index (χ3n) is 3.16. The van der Waals surface area contributed by atoms with Crippen LogP contribution in [0.2, 0.25) is 0 Å². The second kappa shape index (κ2) is 4.51. The van der Waals surface area contributed by atoms with Crippen molar-refractivity contribution in [1.29, 1.82) is 0 Å². The maximum Gasteiger partial charge on any atom is 0.264 e. The summed E-state index contributed by atoms with van der Waals surface area (Å²) in [7, 11) is 1.74. The van der Waals surface area contributed by atoms with Crippen LogP contribution in [0.3, 0.4) is 0 Å². The minimum Gasteiger partial charge on any atom is -0.337 e. The van der Waals surface area contributed by atoms with Gasteiger partial charge < -0.3 is 4.52 Å². The van der Waals surface area contributed by atoms with Gasteiger partial charge in [-0.1, -0.05) is 25.9 Å². The zero-order valence-electron chi connectivity index (χ0n) is 12.4. The second-order valence-electron chi connectivity index (χ2n) is 5.94. The van der Waals surface area contributed by atoms with Gasteiger partial charge in [-0.15, -0.1) is 0 Å². The Bertz CT molecular complexity index is 852. The largest absolute Gasteiger partial charge is 0.337 e. The molecule has 0 saturated heterocycles. The van der Waals surface area contributed by atoms with Crippen LogP contribution in [0, 0.1) is 0 Å². The first kappa shape index (κ1) is 13.5. The number of hydrogen-bond acceptors (Lipinski definition) is 6. The summed E-state index contributed by atoms with van der Waals surface area (Å²) in [6.45, 7) is 6.19. The van der Waals surface area contributed by atoms with Crippen LogP contribution in [0.1, 0.15) is 32.5 Å². The first-order valence-corrected chi connectivity index (χ1v) is 6.56. The topological polar surface area (TPSA) is 91.6 Å². The Morgan fingerprint density at radius 1 is 1.33 bits per heavy atom. The van der Waals surface area contributed by atoms with Gasteiger partial charge in [-0.25, -0.2) is 4.98 Å². The van der Waals surface area contributed by atoms with Gasteiger partial charge in [-0.3, -0.25) is 14.0 Å². The maximum absolute atomic E-state index is 12.3. The van der Waals surface area contributed by atoms with E-state index < -0.39 is 0 Å². The fourth-order valence-electron chi connectivity index (χ4n) is 1.95. The summed E-state index contributed by atoms with van der Waals surface area (Å²) in [6, 6.07) is 0. The Morgan fingerprint density at radius 2 is 2.10 bits per heavy atom. The van der Waals surface area contributed by atoms with Gasteiger partial charge in [0, 0.05) is 12.5 Å². The second-order valence-corrected chi connectivity index (χ2v) is 5.94. The molecule has 0 fully saturated rings. The number of aryl methyl sites for hydroxylation is 1. The van der Waals surface area contributed by atoms with Gasteiger partial charge in [0.15, 0.2) is 11.5 Å². The minimum atomic E-state index is -0.196. The highest BCUT2D eigenvalue weighted by Crippen LogP contribution is 2.18. The number of fused-ring (bicyclic) bond motifs is 1. The van der Waals surface area contributed by atoms with Crippen molar-refractivity contribution in [2.75, 3.05) is 0 Å². The fourth-order valence-corrected chi connectivity index (χ4v) is 1.95. The zero-order valence-corrected chi connectivity index (χ0v) is 12.4. The monoisotopic (exact) mass is 288 g/mol. The molecule has 8 nitrogen and oxygen atoms in total. The first-order valence-electron chi connectivity index (χ1n) is 6.56. The molecule has 0 aliphatic heterocycles. The van der Waals surface area contributed by atoms with Crippen LogP contribution in [0.4, 0.5) is 0 Å². The lowest BCUT2D eigenvalue weighted by atomic mass is 9.96. The van der Waals surface area contributed by atoms with Crippen molar-refractivity contribution in [2.24, 2.45) is 7.05 Å². The van der Waals surface area contributed by atoms with Crippen molar-refractivity contribution in [1.82, 2.24) is 29.5 Å². The zero-order chi connectivity index (χ0) is 15.2. The Labute approximate surface area is 120 Å². The average molecular weight is 288 g/mol. The highest BCUT2D eigenvalue weighted by Gasteiger charge is 2.21. The third-order valence-corrected chi connectivity index (χ3v) is 3.16. The van der Waals surface area contributed by atoms with E-state index >= 15 is 0 Å². The molecule has 0 amide bonds. The summed E-state index contributed by atoms with van der Waals surface area (Å²) in [5.41, 5.74) is 0.180. The molecular weight excluding hydrogens is 272 g/mol. The predicted octanol–water partition coefficient (Wildman–Crippen LogP) is 0.859. The van der Waals surface area contributed by atoms with E-state index in [4.69, 9.17) is 4.52 Å². The standard InChI is InChI=1S/C13H16N6O2/c1-13(2,3)12-16-9(21-17-12)6-19-7-14-10-8(11(19)20)5-15-18(10)4/h5,7H,6H2,1-4H3. The Hall–Kier alpha value is -2.51. The molecule has 8 heteroatoms. The lowest BCUT2D eigenvalue weighted by Crippen LogP contribution is -2.21. The molecule has 0 spiro atoms. The molecule has 0 aliphatic rings. The molecule has 0 aliphatic carbocycles. The summed E-state index contributed by atoms with van der Waals surface area (Å²) in [6.07, 6.45) is 2.98. The van der Waals surface area contributed by atoms with Crippen LogP contribution < -0.4 is 5.56 Å². The van der Waals surface area contributed by atoms with Crippen molar-refractivity contribution < 1.29 is 4.52 Å². The summed E-state index contributed by atoms with van der Waals surface area (Å²) < 4.78 is 8.19. The van der Waals surface area contributed by atoms with Crippen LogP contribution in [-0.4, -0.2) is 29.5 Å². The van der Waals surface area contributed by atoms with Gasteiger partial charge in [0.2, 0.25) is 5.89 Å². The maximum atomic E-state index is 12.3. The molecule has 0 atom stereocenters. The molecule has 110 valence electrons. The summed E-state index contributed by atoms with van der Waals surface area (Å²) in [4.78, 5) is 20.9. The van der Waals surface area contributed by atoms with E-state index in [2.05, 4.69) is 20.2 Å². The molecule has 0 radical (unpaired) electrons. The fraction of sp³-hybridized carbons (Fsp3) is 0.462. The van der Waals surface area contributed by atoms with Crippen LogP contribution in [0.25, 0.3) is 11.0 Å². The lowest BCUT2D eigenvalue weighted by molar-refractivity contribution is 0.356. The van der Waals surface area contributed by atoms with Gasteiger partial charge in [-0.2, -0.15) is 10.1 Å². The summed E-state index contributed by atoms with van der Waals surface area (Å²) >= 11 is 0. The average Bonchev–Trinajstić information content (AvgIpc) is 3.00. The molecular formula is C13H16N6O2. The molecule has 3 heterocycles. The van der Waals surface area contributed by atoms with E-state index in [9.17, 15) is 4.79 Å². The summed E-state index contributed by atoms with van der Waals surface area (Å²) in [5, 5.41) is 8.44. The van der Waals surface area contributed by atoms with Gasteiger partial charge in [0.05, 0.1) is 6.20 Å². The molecule has 3 rings (SSSR count). The Balaban J connectivity index is 1.97. The molecule has 3 aromatic heterocycles. The summed E-state index contributed by atoms with van der Waals surface area (Å²) in [5.74, 6) is 0.994. The van der Waals surface area contributed by atoms with E-state index in [1.54, 1.807) is 11.7 Å². The van der Waals surface area contributed by atoms with Gasteiger partial charge in [0.25, 0.3) is 5.56 Å². The van der Waals surface area contributed by atoms with E-state index in [0.717, 1.165) is 0 Å². The SMILES string of the molecule is Cn1ncc2c(=O)n(Cc3nc(C(C)(C)C)no3)cnc21. The molecule has 0 saturated carbocycles. The van der Waals surface area contributed by atoms with Crippen LogP contribution in [0.15, 0.2) is 21.8 Å². The van der Waals surface area contributed by atoms with Crippen molar-refractivity contribution in [2.45, 2.75) is 32.7 Å². The van der Waals surface area contributed by atoms with Gasteiger partial charge >= 0.3 is 0 Å². The predicted molar refractivity (Wildman–Crippen MR) is 74.9 cm³/mol. The van der Waals surface area contributed by atoms with E-state index in [0.29, 0.717) is 22.7 Å². The highest BCUT2D eigenvalue weighted by atomic mass is 16.5. The normalized spacial score (nSPS) is 12.2. The highest BCUT2D eigenvalue weighted by molar-refractivity contribution is 5.72. The number of nitrogens with zero attached hydrogens (tertiary/aromatic N) is 6. The van der Waals surface area contributed by atoms with E-state index in [-0.39, 0.29) is 17.5 Å². The molecule has 21 heavy (non-hydrogen) atoms. The molecule has 0 bridgehead atoms. The lowest BCUT2D eigenvalue weighted by Gasteiger charge is -2.10. The Kier molecular flexibility index (Phi) is 2.89. The molecule has 3 aromatic rings. The van der Waals surface area contributed by atoms with Crippen molar-refractivity contribution in [3.8, 4) is 0 Å². The minimum absolute atomic E-state index is 0.177. The smallest absolute Gasteiger partial charge is 0.264 e. The quantitative estimate of drug-likeness (QED) is 0.694. The van der Waals surface area contributed by atoms with Gasteiger partial charge in [0.1, 0.15) is 18.3 Å². The van der Waals surface area contributed by atoms with Crippen molar-refractivity contribution in [3.63, 3.8) is 0 Å². The van der Waals surface area contributed by atoms with Crippen LogP contribution in [0.5, 0.6) is 0 Å². The number of hydrogen-bond donors (Lipinski definition) is 0. The van der Waals surface area contributed by atoms with E-state index in [1.165, 1.54) is 17.1 Å². The van der Waals surface area contributed by atoms with Crippen molar-refractivity contribution in [3.05, 3.63) is 34.6 Å². The number of rotatable bonds is 2. The molecule has 0 unspecified atom stereocenters. The molecule has 0 aromatic carbocycles. The molecule has 0 N–H and O–H groups in total. The van der Waals surface area contributed by atoms with Crippen LogP contribution in [-0.2, 0) is 19.0 Å². The van der Waals surface area contributed by atoms with Gasteiger partial charge in [-0.05, 0) is 0 Å². The Morgan fingerprint density at radius 3 is 2.76 bits per heavy atom. The van der Waals surface area contributed by atoms with Crippen molar-refractivity contribution >= 4 is 11.0 Å². The number of aromatic nitrogens is 6. The van der Waals surface area contributed by atoms with E-state index in [1.807, 2.05) is 20.8 Å². The third kappa shape index (κ3) is 2.32. The first-order chi connectivity index (χ1) is 9.86.